The van der Waals surface area contributed by atoms with E-state index < -0.39 is 0 Å². The molecule has 0 saturated carbocycles. The summed E-state index contributed by atoms with van der Waals surface area (Å²) in [5, 5.41) is 0. The Bertz CT molecular complexity index is 735. The van der Waals surface area contributed by atoms with E-state index in [2.05, 4.69) is 17.8 Å². The van der Waals surface area contributed by atoms with Crippen LogP contribution in [0.15, 0.2) is 24.3 Å². The van der Waals surface area contributed by atoms with Crippen LogP contribution in [0.2, 0.25) is 0 Å². The minimum absolute atomic E-state index is 0.231. The van der Waals surface area contributed by atoms with Crippen molar-refractivity contribution in [1.29, 1.82) is 0 Å². The molecule has 0 fully saturated rings. The lowest BCUT2D eigenvalue weighted by Crippen LogP contribution is -2.42. The molecule has 122 valence electrons. The van der Waals surface area contributed by atoms with Crippen LogP contribution in [0.4, 0.5) is 0 Å². The second-order valence-electron chi connectivity index (χ2n) is 5.67. The van der Waals surface area contributed by atoms with E-state index >= 15 is 0 Å². The van der Waals surface area contributed by atoms with Gasteiger partial charge in [0.1, 0.15) is 0 Å². The van der Waals surface area contributed by atoms with Gasteiger partial charge in [-0.15, -0.1) is 11.3 Å². The summed E-state index contributed by atoms with van der Waals surface area (Å²) in [7, 11) is 0. The van der Waals surface area contributed by atoms with E-state index in [4.69, 9.17) is 0 Å². The normalized spacial score (nSPS) is 10.4. The Morgan fingerprint density at radius 2 is 1.74 bits per heavy atom. The third-order valence-corrected chi connectivity index (χ3v) is 5.20. The van der Waals surface area contributed by atoms with E-state index in [1.54, 1.807) is 0 Å². The van der Waals surface area contributed by atoms with Gasteiger partial charge in [-0.1, -0.05) is 25.1 Å². The lowest BCUT2D eigenvalue weighted by atomic mass is 10.0. The average Bonchev–Trinajstić information content (AvgIpc) is 2.89. The molecule has 23 heavy (non-hydrogen) atoms. The summed E-state index contributed by atoms with van der Waals surface area (Å²) in [5.74, 6) is -0.503. The maximum atomic E-state index is 12.1. The van der Waals surface area contributed by atoms with Crippen molar-refractivity contribution >= 4 is 23.2 Å². The molecular formula is C18H22N2O2S. The summed E-state index contributed by atoms with van der Waals surface area (Å²) < 4.78 is 0. The van der Waals surface area contributed by atoms with Crippen molar-refractivity contribution in [1.82, 2.24) is 10.9 Å². The number of aryl methyl sites for hydroxylation is 4. The van der Waals surface area contributed by atoms with Gasteiger partial charge in [0.15, 0.2) is 0 Å². The van der Waals surface area contributed by atoms with Crippen LogP contribution in [0, 0.1) is 20.8 Å². The molecule has 2 amide bonds. The van der Waals surface area contributed by atoms with Crippen LogP contribution >= 0.6 is 11.3 Å². The molecule has 1 aromatic carbocycles. The number of nitrogens with one attached hydrogen (secondary N) is 2. The van der Waals surface area contributed by atoms with Crippen molar-refractivity contribution in [3.63, 3.8) is 0 Å². The number of carbonyl (C=O) groups excluding carboxylic acids is 2. The molecule has 1 heterocycles. The van der Waals surface area contributed by atoms with Gasteiger partial charge >= 0.3 is 0 Å². The predicted molar refractivity (Wildman–Crippen MR) is 93.7 cm³/mol. The molecule has 0 atom stereocenters. The van der Waals surface area contributed by atoms with Crippen molar-refractivity contribution in [2.45, 2.75) is 40.5 Å². The summed E-state index contributed by atoms with van der Waals surface area (Å²) in [6.45, 7) is 8.10. The molecule has 0 aliphatic heterocycles. The summed E-state index contributed by atoms with van der Waals surface area (Å²) in [6, 6.07) is 7.78. The van der Waals surface area contributed by atoms with Gasteiger partial charge in [0.05, 0.1) is 11.3 Å². The molecule has 2 aromatic rings. The van der Waals surface area contributed by atoms with Crippen molar-refractivity contribution in [2.24, 2.45) is 0 Å². The molecule has 2 rings (SSSR count). The highest BCUT2D eigenvalue weighted by atomic mass is 32.1. The zero-order valence-electron chi connectivity index (χ0n) is 13.9. The first kappa shape index (κ1) is 17.2. The first-order valence-corrected chi connectivity index (χ1v) is 8.47. The molecule has 4 nitrogen and oxygen atoms in total. The average molecular weight is 330 g/mol. The Balaban J connectivity index is 1.90. The van der Waals surface area contributed by atoms with Gasteiger partial charge in [-0.2, -0.15) is 0 Å². The Morgan fingerprint density at radius 3 is 2.35 bits per heavy atom. The maximum Gasteiger partial charge on any atom is 0.279 e. The van der Waals surface area contributed by atoms with Crippen LogP contribution in [0.1, 0.15) is 43.7 Å². The molecule has 0 aliphatic carbocycles. The fourth-order valence-electron chi connectivity index (χ4n) is 2.31. The zero-order valence-corrected chi connectivity index (χ0v) is 14.8. The number of rotatable bonds is 4. The highest BCUT2D eigenvalue weighted by molar-refractivity contribution is 7.14. The lowest BCUT2D eigenvalue weighted by Gasteiger charge is -2.08. The van der Waals surface area contributed by atoms with Crippen LogP contribution in [0.3, 0.4) is 0 Å². The Hall–Kier alpha value is -2.14. The standard InChI is InChI=1S/C18H22N2O2S/c1-5-15-13(4)9-16(23-15)18(22)20-19-17(21)10-14-7-6-11(2)12(3)8-14/h6-9H,5,10H2,1-4H3,(H,19,21)(H,20,22). The summed E-state index contributed by atoms with van der Waals surface area (Å²) in [4.78, 5) is 25.8. The topological polar surface area (TPSA) is 58.2 Å². The minimum Gasteiger partial charge on any atom is -0.273 e. The third-order valence-electron chi connectivity index (χ3n) is 3.82. The van der Waals surface area contributed by atoms with Crippen molar-refractivity contribution in [2.75, 3.05) is 0 Å². The molecule has 5 heteroatoms. The van der Waals surface area contributed by atoms with Crippen LogP contribution < -0.4 is 10.9 Å². The molecule has 2 N–H and O–H groups in total. The zero-order chi connectivity index (χ0) is 17.0. The fraction of sp³-hybridized carbons (Fsp3) is 0.333. The molecule has 1 aromatic heterocycles. The van der Waals surface area contributed by atoms with E-state index in [0.29, 0.717) is 4.88 Å². The SMILES string of the molecule is CCc1sc(C(=O)NNC(=O)Cc2ccc(C)c(C)c2)cc1C. The number of thiophene rings is 1. The van der Waals surface area contributed by atoms with Gasteiger partial charge in [0.25, 0.3) is 5.91 Å². The smallest absolute Gasteiger partial charge is 0.273 e. The molecule has 0 bridgehead atoms. The van der Waals surface area contributed by atoms with Crippen molar-refractivity contribution < 1.29 is 9.59 Å². The summed E-state index contributed by atoms with van der Waals surface area (Å²) >= 11 is 1.46. The van der Waals surface area contributed by atoms with Crippen LogP contribution in [-0.4, -0.2) is 11.8 Å². The minimum atomic E-state index is -0.272. The first-order valence-electron chi connectivity index (χ1n) is 7.65. The van der Waals surface area contributed by atoms with Crippen molar-refractivity contribution in [3.05, 3.63) is 56.3 Å². The number of amides is 2. The largest absolute Gasteiger partial charge is 0.279 e. The van der Waals surface area contributed by atoms with Crippen molar-refractivity contribution in [3.8, 4) is 0 Å². The van der Waals surface area contributed by atoms with Gasteiger partial charge in [0.2, 0.25) is 5.91 Å². The quantitative estimate of drug-likeness (QED) is 0.846. The predicted octanol–water partition coefficient (Wildman–Crippen LogP) is 3.24. The van der Waals surface area contributed by atoms with Gasteiger partial charge in [-0.25, -0.2) is 0 Å². The third kappa shape index (κ3) is 4.42. The lowest BCUT2D eigenvalue weighted by molar-refractivity contribution is -0.121. The molecular weight excluding hydrogens is 308 g/mol. The van der Waals surface area contributed by atoms with Crippen LogP contribution in [-0.2, 0) is 17.6 Å². The van der Waals surface area contributed by atoms with E-state index in [0.717, 1.165) is 23.1 Å². The Labute approximate surface area is 140 Å². The van der Waals surface area contributed by atoms with Gasteiger partial charge in [-0.05, 0) is 55.5 Å². The number of hydrazine groups is 1. The van der Waals surface area contributed by atoms with E-state index in [1.807, 2.05) is 45.0 Å². The van der Waals surface area contributed by atoms with E-state index in [-0.39, 0.29) is 18.2 Å². The van der Waals surface area contributed by atoms with Gasteiger partial charge < -0.3 is 0 Å². The van der Waals surface area contributed by atoms with Gasteiger partial charge in [0, 0.05) is 4.88 Å². The first-order chi connectivity index (χ1) is 10.9. The van der Waals surface area contributed by atoms with Crippen LogP contribution in [0.5, 0.6) is 0 Å². The Kier molecular flexibility index (Phi) is 5.55. The second kappa shape index (κ2) is 7.42. The number of benzene rings is 1. The number of carbonyl (C=O) groups is 2. The molecule has 0 unspecified atom stereocenters. The second-order valence-corrected chi connectivity index (χ2v) is 6.80. The molecule has 0 spiro atoms. The fourth-order valence-corrected chi connectivity index (χ4v) is 3.32. The summed E-state index contributed by atoms with van der Waals surface area (Å²) in [5.41, 5.74) is 9.36. The molecule has 0 aliphatic rings. The maximum absolute atomic E-state index is 12.1. The monoisotopic (exact) mass is 330 g/mol. The number of hydrogen-bond donors (Lipinski definition) is 2. The molecule has 0 saturated heterocycles. The van der Waals surface area contributed by atoms with E-state index in [9.17, 15) is 9.59 Å². The number of hydrogen-bond acceptors (Lipinski definition) is 3. The van der Waals surface area contributed by atoms with E-state index in [1.165, 1.54) is 21.8 Å². The molecule has 0 radical (unpaired) electrons. The highest BCUT2D eigenvalue weighted by Gasteiger charge is 2.12. The highest BCUT2D eigenvalue weighted by Crippen LogP contribution is 2.22. The summed E-state index contributed by atoms with van der Waals surface area (Å²) in [6.07, 6.45) is 1.15. The van der Waals surface area contributed by atoms with Crippen LogP contribution in [0.25, 0.3) is 0 Å². The van der Waals surface area contributed by atoms with Gasteiger partial charge in [-0.3, -0.25) is 20.4 Å². The Morgan fingerprint density at radius 1 is 1.00 bits per heavy atom.